The Morgan fingerprint density at radius 3 is 2.57 bits per heavy atom. The summed E-state index contributed by atoms with van der Waals surface area (Å²) in [6.07, 6.45) is 7.69. The molecule has 0 N–H and O–H groups in total. The fourth-order valence-electron chi connectivity index (χ4n) is 3.49. The van der Waals surface area contributed by atoms with Crippen LogP contribution in [0.4, 0.5) is 0 Å². The zero-order valence-corrected chi connectivity index (χ0v) is 17.6. The minimum absolute atomic E-state index is 0.170. The lowest BCUT2D eigenvalue weighted by molar-refractivity contribution is 0.413. The topological polar surface area (TPSA) is 57.8 Å². The molecule has 6 nitrogen and oxygen atoms in total. The molecule has 2 aromatic carbocycles. The predicted molar refractivity (Wildman–Crippen MR) is 119 cm³/mol. The van der Waals surface area contributed by atoms with Crippen molar-refractivity contribution in [2.45, 2.75) is 19.8 Å². The van der Waals surface area contributed by atoms with Gasteiger partial charge in [0.2, 0.25) is 0 Å². The third-order valence-corrected chi connectivity index (χ3v) is 5.12. The maximum absolute atomic E-state index is 5.59. The lowest BCUT2D eigenvalue weighted by atomic mass is 10.0. The van der Waals surface area contributed by atoms with Crippen LogP contribution in [0.1, 0.15) is 41.3 Å². The van der Waals surface area contributed by atoms with Crippen molar-refractivity contribution in [1.29, 1.82) is 0 Å². The van der Waals surface area contributed by atoms with Gasteiger partial charge in [0.15, 0.2) is 5.82 Å². The Morgan fingerprint density at radius 1 is 1.07 bits per heavy atom. The van der Waals surface area contributed by atoms with Crippen LogP contribution in [0.25, 0.3) is 17.8 Å². The molecule has 4 aromatic rings. The summed E-state index contributed by atoms with van der Waals surface area (Å²) in [6, 6.07) is 16.4. The molecule has 152 valence electrons. The van der Waals surface area contributed by atoms with E-state index in [1.807, 2.05) is 78.0 Å². The van der Waals surface area contributed by atoms with Crippen LogP contribution in [0.15, 0.2) is 61.1 Å². The first-order chi connectivity index (χ1) is 14.5. The number of imidazole rings is 1. The lowest BCUT2D eigenvalue weighted by Gasteiger charge is -2.10. The van der Waals surface area contributed by atoms with Gasteiger partial charge in [-0.25, -0.2) is 9.97 Å². The number of hydrogen-bond acceptors (Lipinski definition) is 4. The Hall–Kier alpha value is -3.67. The van der Waals surface area contributed by atoms with Gasteiger partial charge in [0.25, 0.3) is 0 Å². The van der Waals surface area contributed by atoms with Crippen LogP contribution < -0.4 is 4.74 Å². The molecular formula is C24H25N5O. The minimum Gasteiger partial charge on any atom is -0.495 e. The number of aryl methyl sites for hydroxylation is 2. The number of ether oxygens (including phenoxy) is 1. The van der Waals surface area contributed by atoms with Crippen molar-refractivity contribution < 1.29 is 4.74 Å². The Kier molecular flexibility index (Phi) is 5.48. The Morgan fingerprint density at radius 2 is 1.87 bits per heavy atom. The van der Waals surface area contributed by atoms with Crippen LogP contribution in [-0.2, 0) is 7.05 Å². The second kappa shape index (κ2) is 8.37. The fraction of sp³-hybridized carbons (Fsp3) is 0.208. The van der Waals surface area contributed by atoms with E-state index in [0.29, 0.717) is 5.82 Å². The molecule has 0 spiro atoms. The zero-order valence-electron chi connectivity index (χ0n) is 17.6. The summed E-state index contributed by atoms with van der Waals surface area (Å²) in [4.78, 5) is 9.02. The maximum Gasteiger partial charge on any atom is 0.174 e. The molecular weight excluding hydrogens is 374 g/mol. The summed E-state index contributed by atoms with van der Waals surface area (Å²) in [7, 11) is 3.61. The van der Waals surface area contributed by atoms with E-state index in [2.05, 4.69) is 29.1 Å². The first kappa shape index (κ1) is 19.6. The summed E-state index contributed by atoms with van der Waals surface area (Å²) in [5, 5.41) is 4.56. The molecule has 1 atom stereocenters. The maximum atomic E-state index is 5.59. The summed E-state index contributed by atoms with van der Waals surface area (Å²) in [6.45, 7) is 4.11. The van der Waals surface area contributed by atoms with E-state index in [1.165, 1.54) is 5.56 Å². The molecule has 2 heterocycles. The molecule has 0 saturated carbocycles. The third-order valence-electron chi connectivity index (χ3n) is 5.12. The molecule has 0 fully saturated rings. The molecule has 0 bridgehead atoms. The van der Waals surface area contributed by atoms with Gasteiger partial charge in [-0.15, -0.1) is 0 Å². The minimum atomic E-state index is 0.170. The average Bonchev–Trinajstić information content (AvgIpc) is 3.37. The van der Waals surface area contributed by atoms with E-state index in [0.717, 1.165) is 28.5 Å². The highest BCUT2D eigenvalue weighted by atomic mass is 16.5. The number of nitrogens with zero attached hydrogens (tertiary/aromatic N) is 5. The van der Waals surface area contributed by atoms with Gasteiger partial charge >= 0.3 is 0 Å². The highest BCUT2D eigenvalue weighted by molar-refractivity contribution is 5.69. The van der Waals surface area contributed by atoms with Crippen LogP contribution in [0.3, 0.4) is 0 Å². The van der Waals surface area contributed by atoms with Crippen LogP contribution in [0.2, 0.25) is 0 Å². The van der Waals surface area contributed by atoms with Crippen molar-refractivity contribution in [3.8, 4) is 11.4 Å². The molecule has 0 saturated heterocycles. The van der Waals surface area contributed by atoms with Gasteiger partial charge in [-0.2, -0.15) is 5.10 Å². The van der Waals surface area contributed by atoms with Gasteiger partial charge < -0.3 is 9.30 Å². The Bertz CT molecular complexity index is 1170. The molecule has 0 aliphatic heterocycles. The molecule has 0 amide bonds. The van der Waals surface area contributed by atoms with Crippen molar-refractivity contribution in [2.24, 2.45) is 7.05 Å². The normalized spacial score (nSPS) is 12.4. The largest absolute Gasteiger partial charge is 0.495 e. The van der Waals surface area contributed by atoms with Crippen LogP contribution in [0, 0.1) is 6.92 Å². The highest BCUT2D eigenvalue weighted by Crippen LogP contribution is 2.26. The van der Waals surface area contributed by atoms with Gasteiger partial charge in [0, 0.05) is 19.2 Å². The van der Waals surface area contributed by atoms with E-state index in [4.69, 9.17) is 9.72 Å². The molecule has 0 radical (unpaired) electrons. The Balaban J connectivity index is 1.57. The molecule has 30 heavy (non-hydrogen) atoms. The molecule has 4 rings (SSSR count). The van der Waals surface area contributed by atoms with Crippen LogP contribution in [0.5, 0.6) is 5.75 Å². The predicted octanol–water partition coefficient (Wildman–Crippen LogP) is 4.64. The van der Waals surface area contributed by atoms with Gasteiger partial charge in [-0.05, 0) is 36.3 Å². The number of aromatic nitrogens is 5. The molecule has 0 aliphatic rings. The third kappa shape index (κ3) is 4.03. The van der Waals surface area contributed by atoms with E-state index in [-0.39, 0.29) is 5.92 Å². The van der Waals surface area contributed by atoms with Crippen LogP contribution in [-0.4, -0.2) is 31.4 Å². The first-order valence-corrected chi connectivity index (χ1v) is 9.88. The second-order valence-electron chi connectivity index (χ2n) is 7.27. The quantitative estimate of drug-likeness (QED) is 0.474. The van der Waals surface area contributed by atoms with E-state index in [1.54, 1.807) is 13.4 Å². The van der Waals surface area contributed by atoms with E-state index >= 15 is 0 Å². The zero-order chi connectivity index (χ0) is 21.1. The van der Waals surface area contributed by atoms with Crippen molar-refractivity contribution in [1.82, 2.24) is 24.3 Å². The summed E-state index contributed by atoms with van der Waals surface area (Å²) < 4.78 is 9.39. The first-order valence-electron chi connectivity index (χ1n) is 9.88. The number of methoxy groups -OCH3 is 1. The van der Waals surface area contributed by atoms with Crippen molar-refractivity contribution in [3.63, 3.8) is 0 Å². The Labute approximate surface area is 176 Å². The van der Waals surface area contributed by atoms with Crippen molar-refractivity contribution in [2.75, 3.05) is 7.11 Å². The van der Waals surface area contributed by atoms with Gasteiger partial charge in [0.05, 0.1) is 24.8 Å². The fourth-order valence-corrected chi connectivity index (χ4v) is 3.49. The van der Waals surface area contributed by atoms with Crippen molar-refractivity contribution >= 4 is 12.2 Å². The van der Waals surface area contributed by atoms with Gasteiger partial charge in [-0.3, -0.25) is 4.68 Å². The molecule has 6 heteroatoms. The average molecular weight is 399 g/mol. The molecule has 2 aromatic heterocycles. The number of rotatable bonds is 6. The van der Waals surface area contributed by atoms with Crippen molar-refractivity contribution in [3.05, 3.63) is 89.5 Å². The summed E-state index contributed by atoms with van der Waals surface area (Å²) in [5.74, 6) is 2.57. The highest BCUT2D eigenvalue weighted by Gasteiger charge is 2.15. The van der Waals surface area contributed by atoms with Crippen LogP contribution >= 0.6 is 0 Å². The SMILES string of the molecule is COc1cc(C=Cc2nc(C(C)c3ccccc3)n(C)n2)ccc1-n1cnc(C)c1. The standard InChI is InChI=1S/C24H25N5O/c1-17-15-29(16-25-17)21-12-10-19(14-22(21)30-4)11-13-23-26-24(28(3)27-23)18(2)20-8-6-5-7-9-20/h5-16,18H,1-4H3. The van der Waals surface area contributed by atoms with E-state index < -0.39 is 0 Å². The smallest absolute Gasteiger partial charge is 0.174 e. The molecule has 0 aliphatic carbocycles. The number of benzene rings is 2. The summed E-state index contributed by atoms with van der Waals surface area (Å²) >= 11 is 0. The monoisotopic (exact) mass is 399 g/mol. The lowest BCUT2D eigenvalue weighted by Crippen LogP contribution is -2.05. The molecule has 1 unspecified atom stereocenters. The summed E-state index contributed by atoms with van der Waals surface area (Å²) in [5.41, 5.74) is 4.14. The second-order valence-corrected chi connectivity index (χ2v) is 7.27. The van der Waals surface area contributed by atoms with Gasteiger partial charge in [0.1, 0.15) is 11.6 Å². The van der Waals surface area contributed by atoms with E-state index in [9.17, 15) is 0 Å². The van der Waals surface area contributed by atoms with Gasteiger partial charge in [-0.1, -0.05) is 49.4 Å². The number of hydrogen-bond donors (Lipinski definition) is 0.